The molecule has 1 saturated heterocycles. The zero-order valence-corrected chi connectivity index (χ0v) is 18.9. The van der Waals surface area contributed by atoms with E-state index < -0.39 is 6.61 Å². The zero-order chi connectivity index (χ0) is 20.5. The number of guanidine groups is 1. The molecule has 1 fully saturated rings. The number of nitrogens with one attached hydrogen (secondary N) is 2. The van der Waals surface area contributed by atoms with Crippen LogP contribution in [0.15, 0.2) is 64.7 Å². The minimum atomic E-state index is -2.84. The van der Waals surface area contributed by atoms with Crippen molar-refractivity contribution in [1.29, 1.82) is 0 Å². The van der Waals surface area contributed by atoms with Gasteiger partial charge in [0, 0.05) is 38.6 Å². The number of hydrogen-bond acceptors (Lipinski definition) is 4. The van der Waals surface area contributed by atoms with E-state index in [4.69, 9.17) is 4.42 Å². The van der Waals surface area contributed by atoms with E-state index in [1.54, 1.807) is 30.5 Å². The van der Waals surface area contributed by atoms with Crippen molar-refractivity contribution in [3.05, 3.63) is 61.1 Å². The molecule has 0 spiro atoms. The van der Waals surface area contributed by atoms with Gasteiger partial charge in [-0.25, -0.2) is 0 Å². The number of ether oxygens (including phenoxy) is 1. The van der Waals surface area contributed by atoms with Gasteiger partial charge in [0.1, 0.15) is 11.5 Å². The number of nitrogens with zero attached hydrogens (tertiary/aromatic N) is 2. The molecule has 6 nitrogen and oxygen atoms in total. The lowest BCUT2D eigenvalue weighted by Crippen LogP contribution is -2.44. The van der Waals surface area contributed by atoms with Gasteiger partial charge >= 0.3 is 6.61 Å². The van der Waals surface area contributed by atoms with Gasteiger partial charge in [-0.1, -0.05) is 18.2 Å². The van der Waals surface area contributed by atoms with E-state index in [9.17, 15) is 8.78 Å². The molecule has 1 aromatic carbocycles. The van der Waals surface area contributed by atoms with Crippen molar-refractivity contribution < 1.29 is 17.9 Å². The summed E-state index contributed by atoms with van der Waals surface area (Å²) in [6, 6.07) is 10.8. The van der Waals surface area contributed by atoms with Gasteiger partial charge in [0.05, 0.1) is 12.0 Å². The normalized spacial score (nSPS) is 16.3. The molecule has 1 aromatic heterocycles. The summed E-state index contributed by atoms with van der Waals surface area (Å²) in [5, 5.41) is 6.64. The molecule has 0 saturated carbocycles. The van der Waals surface area contributed by atoms with Crippen LogP contribution in [-0.2, 0) is 6.42 Å². The van der Waals surface area contributed by atoms with E-state index in [-0.39, 0.29) is 35.8 Å². The summed E-state index contributed by atoms with van der Waals surface area (Å²) in [4.78, 5) is 6.64. The molecular formula is C21H27F2IN4O2. The van der Waals surface area contributed by atoms with Crippen LogP contribution in [0.2, 0.25) is 0 Å². The van der Waals surface area contributed by atoms with Crippen LogP contribution >= 0.6 is 24.0 Å². The van der Waals surface area contributed by atoms with Gasteiger partial charge in [-0.05, 0) is 30.7 Å². The highest BCUT2D eigenvalue weighted by atomic mass is 127. The topological polar surface area (TPSA) is 62.0 Å². The van der Waals surface area contributed by atoms with E-state index in [0.29, 0.717) is 37.7 Å². The lowest BCUT2D eigenvalue weighted by atomic mass is 10.2. The molecule has 1 unspecified atom stereocenters. The molecule has 2 N–H and O–H groups in total. The zero-order valence-electron chi connectivity index (χ0n) is 16.6. The van der Waals surface area contributed by atoms with Crippen LogP contribution in [0.25, 0.3) is 0 Å². The Kier molecular flexibility index (Phi) is 9.92. The number of rotatable bonds is 9. The third kappa shape index (κ3) is 7.19. The van der Waals surface area contributed by atoms with Crippen LogP contribution in [0.1, 0.15) is 12.2 Å². The lowest BCUT2D eigenvalue weighted by molar-refractivity contribution is -0.0495. The highest BCUT2D eigenvalue weighted by Crippen LogP contribution is 2.31. The standard InChI is InChI=1S/C21H26F2N4O2.HI/c1-2-11-24-21(25-12-9-17-6-5-14-28-17)26-16-10-13-27(15-16)18-7-3-4-8-19(18)29-20(22)23;/h2-8,14,16,20H,1,9-13,15H2,(H2,24,25,26);1H. The van der Waals surface area contributed by atoms with Crippen molar-refractivity contribution in [2.75, 3.05) is 31.1 Å². The van der Waals surface area contributed by atoms with E-state index in [1.807, 2.05) is 23.1 Å². The third-order valence-corrected chi connectivity index (χ3v) is 4.57. The van der Waals surface area contributed by atoms with Crippen molar-refractivity contribution in [2.45, 2.75) is 25.5 Å². The average molecular weight is 532 g/mol. The largest absolute Gasteiger partial charge is 0.469 e. The molecule has 0 radical (unpaired) electrons. The molecule has 1 aliphatic rings. The monoisotopic (exact) mass is 532 g/mol. The lowest BCUT2D eigenvalue weighted by Gasteiger charge is -2.22. The van der Waals surface area contributed by atoms with Crippen molar-refractivity contribution in [3.63, 3.8) is 0 Å². The summed E-state index contributed by atoms with van der Waals surface area (Å²) >= 11 is 0. The second-order valence-corrected chi connectivity index (χ2v) is 6.65. The molecule has 1 atom stereocenters. The molecule has 0 aliphatic carbocycles. The number of benzene rings is 1. The van der Waals surface area contributed by atoms with E-state index in [1.165, 1.54) is 0 Å². The summed E-state index contributed by atoms with van der Waals surface area (Å²) in [6.07, 6.45) is 4.98. The third-order valence-electron chi connectivity index (χ3n) is 4.57. The predicted octanol–water partition coefficient (Wildman–Crippen LogP) is 4.04. The molecule has 0 amide bonds. The summed E-state index contributed by atoms with van der Waals surface area (Å²) in [5.74, 6) is 1.78. The Hall–Kier alpha value is -2.30. The molecule has 1 aliphatic heterocycles. The van der Waals surface area contributed by atoms with Crippen molar-refractivity contribution in [2.24, 2.45) is 4.99 Å². The van der Waals surface area contributed by atoms with Gasteiger partial charge < -0.3 is 24.7 Å². The van der Waals surface area contributed by atoms with Gasteiger partial charge in [0.15, 0.2) is 5.96 Å². The van der Waals surface area contributed by atoms with Gasteiger partial charge in [-0.2, -0.15) is 8.78 Å². The summed E-state index contributed by atoms with van der Waals surface area (Å²) < 4.78 is 35.4. The van der Waals surface area contributed by atoms with E-state index >= 15 is 0 Å². The Labute approximate surface area is 192 Å². The summed E-state index contributed by atoms with van der Waals surface area (Å²) in [6.45, 7) is 3.46. The highest BCUT2D eigenvalue weighted by Gasteiger charge is 2.26. The predicted molar refractivity (Wildman–Crippen MR) is 125 cm³/mol. The van der Waals surface area contributed by atoms with Crippen LogP contribution in [0.3, 0.4) is 0 Å². The van der Waals surface area contributed by atoms with Gasteiger partial charge in [0.25, 0.3) is 0 Å². The first-order valence-corrected chi connectivity index (χ1v) is 9.62. The van der Waals surface area contributed by atoms with Gasteiger partial charge in [-0.15, -0.1) is 30.6 Å². The fourth-order valence-corrected chi connectivity index (χ4v) is 3.26. The molecule has 9 heteroatoms. The number of alkyl halides is 2. The Bertz CT molecular complexity index is 802. The molecule has 3 rings (SSSR count). The Morgan fingerprint density at radius 1 is 1.33 bits per heavy atom. The second kappa shape index (κ2) is 12.4. The van der Waals surface area contributed by atoms with Crippen LogP contribution < -0.4 is 20.3 Å². The first-order valence-electron chi connectivity index (χ1n) is 9.62. The van der Waals surface area contributed by atoms with Crippen LogP contribution in [0, 0.1) is 0 Å². The SMILES string of the molecule is C=CCNC(=NCCc1ccco1)NC1CCN(c2ccccc2OC(F)F)C1.I. The van der Waals surface area contributed by atoms with E-state index in [2.05, 4.69) is 26.9 Å². The first kappa shape index (κ1) is 24.0. The fourth-order valence-electron chi connectivity index (χ4n) is 3.26. The van der Waals surface area contributed by atoms with Crippen LogP contribution in [0.4, 0.5) is 14.5 Å². The molecule has 0 bridgehead atoms. The number of halogens is 3. The first-order chi connectivity index (χ1) is 14.2. The molecule has 30 heavy (non-hydrogen) atoms. The maximum Gasteiger partial charge on any atom is 0.387 e. The average Bonchev–Trinajstić information content (AvgIpc) is 3.38. The number of aliphatic imine (C=N–C) groups is 1. The van der Waals surface area contributed by atoms with Crippen LogP contribution in [0.5, 0.6) is 5.75 Å². The Balaban J connectivity index is 0.00000320. The van der Waals surface area contributed by atoms with Crippen molar-refractivity contribution >= 4 is 35.6 Å². The van der Waals surface area contributed by atoms with Gasteiger partial charge in [0.2, 0.25) is 0 Å². The number of para-hydroxylation sites is 2. The molecule has 2 aromatic rings. The number of furan rings is 1. The quantitative estimate of drug-likeness (QED) is 0.221. The Morgan fingerprint density at radius 2 is 2.17 bits per heavy atom. The maximum absolute atomic E-state index is 12.7. The summed E-state index contributed by atoms with van der Waals surface area (Å²) in [5.41, 5.74) is 0.674. The smallest absolute Gasteiger partial charge is 0.387 e. The number of anilines is 1. The minimum absolute atomic E-state index is 0. The second-order valence-electron chi connectivity index (χ2n) is 6.65. The Morgan fingerprint density at radius 3 is 2.90 bits per heavy atom. The molecule has 164 valence electrons. The number of hydrogen-bond donors (Lipinski definition) is 2. The van der Waals surface area contributed by atoms with Crippen molar-refractivity contribution in [1.82, 2.24) is 10.6 Å². The maximum atomic E-state index is 12.7. The fraction of sp³-hybridized carbons (Fsp3) is 0.381. The molecule has 2 heterocycles. The van der Waals surface area contributed by atoms with E-state index in [0.717, 1.165) is 18.7 Å². The highest BCUT2D eigenvalue weighted by molar-refractivity contribution is 14.0. The van der Waals surface area contributed by atoms with Crippen LogP contribution in [-0.4, -0.2) is 44.8 Å². The van der Waals surface area contributed by atoms with Gasteiger partial charge in [-0.3, -0.25) is 4.99 Å². The van der Waals surface area contributed by atoms with Crippen molar-refractivity contribution in [3.8, 4) is 5.75 Å². The summed E-state index contributed by atoms with van der Waals surface area (Å²) in [7, 11) is 0. The molecular weight excluding hydrogens is 505 g/mol. The minimum Gasteiger partial charge on any atom is -0.469 e.